The molecular weight excluding hydrogens is 436 g/mol. The van der Waals surface area contributed by atoms with E-state index in [1.165, 1.54) is 29.2 Å². The second kappa shape index (κ2) is 8.73. The molecule has 1 saturated heterocycles. The number of hydrogen-bond acceptors (Lipinski definition) is 4. The summed E-state index contributed by atoms with van der Waals surface area (Å²) in [5.41, 5.74) is 4.73. The van der Waals surface area contributed by atoms with Gasteiger partial charge in [0.05, 0.1) is 0 Å². The lowest BCUT2D eigenvalue weighted by Gasteiger charge is -2.35. The molecule has 0 aromatic heterocycles. The zero-order valence-corrected chi connectivity index (χ0v) is 17.8. The van der Waals surface area contributed by atoms with Gasteiger partial charge >= 0.3 is 6.09 Å². The smallest absolute Gasteiger partial charge is 0.407 e. The fourth-order valence-corrected chi connectivity index (χ4v) is 3.19. The zero-order valence-electron chi connectivity index (χ0n) is 16.2. The Bertz CT molecular complexity index is 699. The number of alkyl halides is 2. The molecule has 1 aliphatic heterocycles. The molecule has 6 nitrogen and oxygen atoms in total. The van der Waals surface area contributed by atoms with Crippen LogP contribution in [-0.2, 0) is 15.5 Å². The van der Waals surface area contributed by atoms with E-state index in [1.807, 2.05) is 0 Å². The molecule has 2 amide bonds. The van der Waals surface area contributed by atoms with Crippen LogP contribution < -0.4 is 11.1 Å². The van der Waals surface area contributed by atoms with Crippen LogP contribution in [0.4, 0.5) is 13.6 Å². The van der Waals surface area contributed by atoms with Gasteiger partial charge in [-0.1, -0.05) is 28.1 Å². The number of benzene rings is 1. The van der Waals surface area contributed by atoms with Gasteiger partial charge in [-0.3, -0.25) is 4.79 Å². The van der Waals surface area contributed by atoms with E-state index in [9.17, 15) is 18.4 Å². The Hall–Kier alpha value is -1.74. The number of amides is 2. The van der Waals surface area contributed by atoms with Gasteiger partial charge in [-0.2, -0.15) is 8.78 Å². The molecule has 1 atom stereocenters. The van der Waals surface area contributed by atoms with E-state index in [2.05, 4.69) is 21.2 Å². The number of nitrogens with zero attached hydrogens (tertiary/aromatic N) is 1. The fraction of sp³-hybridized carbons (Fsp3) is 0.579. The highest BCUT2D eigenvalue weighted by molar-refractivity contribution is 9.10. The van der Waals surface area contributed by atoms with Crippen molar-refractivity contribution in [1.82, 2.24) is 10.2 Å². The van der Waals surface area contributed by atoms with Crippen LogP contribution in [0.3, 0.4) is 0 Å². The number of piperidine rings is 1. The Kier molecular flexibility index (Phi) is 7.03. The molecule has 0 bridgehead atoms. The first-order valence-corrected chi connectivity index (χ1v) is 9.87. The van der Waals surface area contributed by atoms with Gasteiger partial charge in [-0.05, 0) is 45.7 Å². The molecule has 0 radical (unpaired) electrons. The van der Waals surface area contributed by atoms with E-state index in [0.717, 1.165) is 0 Å². The van der Waals surface area contributed by atoms with Gasteiger partial charge < -0.3 is 20.7 Å². The van der Waals surface area contributed by atoms with Gasteiger partial charge in [0.1, 0.15) is 5.60 Å². The van der Waals surface area contributed by atoms with Crippen LogP contribution in [-0.4, -0.2) is 47.7 Å². The first-order valence-electron chi connectivity index (χ1n) is 9.08. The minimum absolute atomic E-state index is 0.179. The molecular formula is C19H26BrF2N3O3. The first-order chi connectivity index (χ1) is 12.9. The number of alkyl carbamates (subject to hydrolysis) is 1. The Morgan fingerprint density at radius 2 is 1.75 bits per heavy atom. The number of nitrogens with two attached hydrogens (primary N) is 1. The fourth-order valence-electron chi connectivity index (χ4n) is 2.92. The average Bonchev–Trinajstić information content (AvgIpc) is 2.59. The van der Waals surface area contributed by atoms with Crippen molar-refractivity contribution in [3.63, 3.8) is 0 Å². The lowest BCUT2D eigenvalue weighted by Crippen LogP contribution is -2.55. The van der Waals surface area contributed by atoms with Gasteiger partial charge in [0.25, 0.3) is 5.92 Å². The first kappa shape index (κ1) is 22.5. The quantitative estimate of drug-likeness (QED) is 0.719. The third-order valence-electron chi connectivity index (χ3n) is 4.41. The summed E-state index contributed by atoms with van der Waals surface area (Å²) in [7, 11) is 0. The summed E-state index contributed by atoms with van der Waals surface area (Å²) >= 11 is 3.19. The highest BCUT2D eigenvalue weighted by Gasteiger charge is 2.45. The molecule has 0 spiro atoms. The summed E-state index contributed by atoms with van der Waals surface area (Å²) < 4.78 is 35.1. The largest absolute Gasteiger partial charge is 0.444 e. The predicted octanol–water partition coefficient (Wildman–Crippen LogP) is 3.38. The minimum Gasteiger partial charge on any atom is -0.444 e. The monoisotopic (exact) mass is 461 g/mol. The van der Waals surface area contributed by atoms with Gasteiger partial charge in [0, 0.05) is 29.2 Å². The summed E-state index contributed by atoms with van der Waals surface area (Å²) in [6.07, 6.45) is 0.360. The predicted molar refractivity (Wildman–Crippen MR) is 105 cm³/mol. The number of carbonyl (C=O) groups excluding carboxylic acids is 2. The summed E-state index contributed by atoms with van der Waals surface area (Å²) in [6.45, 7) is 5.77. The molecule has 3 N–H and O–H groups in total. The normalized spacial score (nSPS) is 17.2. The number of halogens is 3. The maximum Gasteiger partial charge on any atom is 0.407 e. The molecule has 0 saturated carbocycles. The lowest BCUT2D eigenvalue weighted by molar-refractivity contribution is -0.144. The number of likely N-dealkylation sites (tertiary alicyclic amines) is 1. The van der Waals surface area contributed by atoms with Crippen LogP contribution in [0, 0.1) is 0 Å². The standard InChI is InChI=1S/C19H26BrF2N3O3/c1-18(2,3)28-17(27)24-14-8-10-25(11-9-14)16(26)15(23)19(21,22)12-4-6-13(20)7-5-12/h4-7,14-15H,8-11,23H2,1-3H3,(H,24,27). The molecule has 9 heteroatoms. The highest BCUT2D eigenvalue weighted by atomic mass is 79.9. The van der Waals surface area contributed by atoms with E-state index < -0.39 is 29.6 Å². The molecule has 28 heavy (non-hydrogen) atoms. The van der Waals surface area contributed by atoms with Crippen LogP contribution >= 0.6 is 15.9 Å². The number of rotatable bonds is 4. The Morgan fingerprint density at radius 1 is 1.21 bits per heavy atom. The topological polar surface area (TPSA) is 84.7 Å². The molecule has 1 aliphatic rings. The number of ether oxygens (including phenoxy) is 1. The maximum atomic E-state index is 14.6. The summed E-state index contributed by atoms with van der Waals surface area (Å²) in [5.74, 6) is -4.28. The third kappa shape index (κ3) is 5.88. The van der Waals surface area contributed by atoms with Gasteiger partial charge in [-0.25, -0.2) is 4.79 Å². The van der Waals surface area contributed by atoms with E-state index >= 15 is 0 Å². The highest BCUT2D eigenvalue weighted by Crippen LogP contribution is 2.32. The van der Waals surface area contributed by atoms with Crippen LogP contribution in [0.25, 0.3) is 0 Å². The Morgan fingerprint density at radius 3 is 2.25 bits per heavy atom. The number of carbonyl (C=O) groups is 2. The van der Waals surface area contributed by atoms with Crippen molar-refractivity contribution in [2.24, 2.45) is 5.73 Å². The van der Waals surface area contributed by atoms with Crippen LogP contribution in [0.1, 0.15) is 39.2 Å². The molecule has 1 unspecified atom stereocenters. The van der Waals surface area contributed by atoms with Crippen molar-refractivity contribution in [1.29, 1.82) is 0 Å². The van der Waals surface area contributed by atoms with Crippen molar-refractivity contribution < 1.29 is 23.1 Å². The van der Waals surface area contributed by atoms with Crippen molar-refractivity contribution in [2.75, 3.05) is 13.1 Å². The summed E-state index contributed by atoms with van der Waals surface area (Å²) in [4.78, 5) is 25.7. The van der Waals surface area contributed by atoms with E-state index in [-0.39, 0.29) is 24.7 Å². The SMILES string of the molecule is CC(C)(C)OC(=O)NC1CCN(C(=O)C(N)C(F)(F)c2ccc(Br)cc2)CC1. The van der Waals surface area contributed by atoms with Crippen molar-refractivity contribution in [3.05, 3.63) is 34.3 Å². The van der Waals surface area contributed by atoms with Crippen LogP contribution in [0.2, 0.25) is 0 Å². The third-order valence-corrected chi connectivity index (χ3v) is 4.94. The molecule has 1 heterocycles. The molecule has 1 fully saturated rings. The Balaban J connectivity index is 1.92. The van der Waals surface area contributed by atoms with E-state index in [4.69, 9.17) is 10.5 Å². The van der Waals surface area contributed by atoms with Gasteiger partial charge in [0.15, 0.2) is 6.04 Å². The molecule has 1 aromatic carbocycles. The summed E-state index contributed by atoms with van der Waals surface area (Å²) in [6, 6.07) is 3.30. The van der Waals surface area contributed by atoms with Gasteiger partial charge in [0.2, 0.25) is 5.91 Å². The number of hydrogen-bond donors (Lipinski definition) is 2. The lowest BCUT2D eigenvalue weighted by atomic mass is 9.98. The molecule has 156 valence electrons. The zero-order chi connectivity index (χ0) is 21.1. The second-order valence-corrected chi connectivity index (χ2v) is 8.77. The molecule has 1 aromatic rings. The second-order valence-electron chi connectivity index (χ2n) is 7.85. The van der Waals surface area contributed by atoms with Crippen LogP contribution in [0.15, 0.2) is 28.7 Å². The van der Waals surface area contributed by atoms with Crippen molar-refractivity contribution in [3.8, 4) is 0 Å². The summed E-state index contributed by atoms with van der Waals surface area (Å²) in [5, 5.41) is 2.74. The van der Waals surface area contributed by atoms with Crippen LogP contribution in [0.5, 0.6) is 0 Å². The maximum absolute atomic E-state index is 14.6. The van der Waals surface area contributed by atoms with Crippen molar-refractivity contribution in [2.45, 2.75) is 57.2 Å². The van der Waals surface area contributed by atoms with Gasteiger partial charge in [-0.15, -0.1) is 0 Å². The van der Waals surface area contributed by atoms with E-state index in [1.54, 1.807) is 20.8 Å². The van der Waals surface area contributed by atoms with Crippen molar-refractivity contribution >= 4 is 27.9 Å². The number of nitrogens with one attached hydrogen (secondary N) is 1. The Labute approximate surface area is 171 Å². The molecule has 0 aliphatic carbocycles. The average molecular weight is 462 g/mol. The molecule has 2 rings (SSSR count). The van der Waals surface area contributed by atoms with E-state index in [0.29, 0.717) is 17.3 Å². The minimum atomic E-state index is -3.48.